The maximum absolute atomic E-state index is 12.2. The molecule has 1 aliphatic heterocycles. The van der Waals surface area contributed by atoms with Gasteiger partial charge in [0.1, 0.15) is 11.5 Å². The van der Waals surface area contributed by atoms with Crippen LogP contribution in [-0.4, -0.2) is 46.7 Å². The number of phenolic OH excluding ortho intramolecular Hbond substituents is 2. The van der Waals surface area contributed by atoms with Gasteiger partial charge in [0.2, 0.25) is 0 Å². The SMILES string of the molecule is CC1CNCCN1C(=O)c1cc(O)cc(O)c1. The zero-order valence-electron chi connectivity index (χ0n) is 9.68. The van der Waals surface area contributed by atoms with Crippen molar-refractivity contribution >= 4 is 5.91 Å². The van der Waals surface area contributed by atoms with Gasteiger partial charge in [-0.05, 0) is 19.1 Å². The van der Waals surface area contributed by atoms with Gasteiger partial charge in [-0.3, -0.25) is 4.79 Å². The number of hydrogen-bond donors (Lipinski definition) is 3. The number of benzene rings is 1. The van der Waals surface area contributed by atoms with Crippen LogP contribution in [0.25, 0.3) is 0 Å². The summed E-state index contributed by atoms with van der Waals surface area (Å²) in [6, 6.07) is 4.06. The molecule has 1 atom stereocenters. The summed E-state index contributed by atoms with van der Waals surface area (Å²) < 4.78 is 0. The van der Waals surface area contributed by atoms with Gasteiger partial charge < -0.3 is 20.4 Å². The average molecular weight is 236 g/mol. The highest BCUT2D eigenvalue weighted by Crippen LogP contribution is 2.22. The Morgan fingerprint density at radius 2 is 2.00 bits per heavy atom. The van der Waals surface area contributed by atoms with Crippen LogP contribution in [0.15, 0.2) is 18.2 Å². The molecule has 0 bridgehead atoms. The zero-order valence-corrected chi connectivity index (χ0v) is 9.68. The van der Waals surface area contributed by atoms with Gasteiger partial charge >= 0.3 is 0 Å². The molecule has 1 heterocycles. The summed E-state index contributed by atoms with van der Waals surface area (Å²) >= 11 is 0. The molecule has 1 aromatic carbocycles. The van der Waals surface area contributed by atoms with Crippen molar-refractivity contribution in [3.8, 4) is 11.5 Å². The van der Waals surface area contributed by atoms with Gasteiger partial charge in [0.25, 0.3) is 5.91 Å². The van der Waals surface area contributed by atoms with Gasteiger partial charge in [-0.15, -0.1) is 0 Å². The number of hydrogen-bond acceptors (Lipinski definition) is 4. The summed E-state index contributed by atoms with van der Waals surface area (Å²) in [7, 11) is 0. The van der Waals surface area contributed by atoms with Crippen LogP contribution in [0.4, 0.5) is 0 Å². The van der Waals surface area contributed by atoms with E-state index >= 15 is 0 Å². The zero-order chi connectivity index (χ0) is 12.4. The van der Waals surface area contributed by atoms with Crippen molar-refractivity contribution in [3.05, 3.63) is 23.8 Å². The van der Waals surface area contributed by atoms with E-state index in [9.17, 15) is 15.0 Å². The van der Waals surface area contributed by atoms with Crippen molar-refractivity contribution in [1.29, 1.82) is 0 Å². The third-order valence-electron chi connectivity index (χ3n) is 2.91. The molecule has 17 heavy (non-hydrogen) atoms. The van der Waals surface area contributed by atoms with Crippen molar-refractivity contribution < 1.29 is 15.0 Å². The first-order valence-electron chi connectivity index (χ1n) is 5.62. The topological polar surface area (TPSA) is 72.8 Å². The average Bonchev–Trinajstić information content (AvgIpc) is 2.27. The predicted molar refractivity (Wildman–Crippen MR) is 63.1 cm³/mol. The quantitative estimate of drug-likeness (QED) is 0.665. The minimum atomic E-state index is -0.162. The maximum Gasteiger partial charge on any atom is 0.254 e. The molecule has 1 aromatic rings. The number of nitrogens with one attached hydrogen (secondary N) is 1. The highest BCUT2D eigenvalue weighted by atomic mass is 16.3. The van der Waals surface area contributed by atoms with Gasteiger partial charge in [-0.2, -0.15) is 0 Å². The fraction of sp³-hybridized carbons (Fsp3) is 0.417. The summed E-state index contributed by atoms with van der Waals surface area (Å²) in [6.07, 6.45) is 0. The molecule has 1 aliphatic rings. The van der Waals surface area contributed by atoms with Crippen LogP contribution in [-0.2, 0) is 0 Å². The van der Waals surface area contributed by atoms with E-state index < -0.39 is 0 Å². The number of amides is 1. The molecule has 1 fully saturated rings. The molecular weight excluding hydrogens is 220 g/mol. The van der Waals surface area contributed by atoms with Gasteiger partial charge in [0, 0.05) is 37.3 Å². The van der Waals surface area contributed by atoms with Crippen LogP contribution in [0.2, 0.25) is 0 Å². The fourth-order valence-corrected chi connectivity index (χ4v) is 2.03. The molecule has 1 saturated heterocycles. The lowest BCUT2D eigenvalue weighted by Crippen LogP contribution is -2.52. The highest BCUT2D eigenvalue weighted by Gasteiger charge is 2.24. The Labute approximate surface area is 99.7 Å². The molecule has 0 aromatic heterocycles. The Balaban J connectivity index is 2.23. The second kappa shape index (κ2) is 4.63. The first-order chi connectivity index (χ1) is 8.08. The van der Waals surface area contributed by atoms with Crippen LogP contribution in [0, 0.1) is 0 Å². The Morgan fingerprint density at radius 3 is 2.59 bits per heavy atom. The fourth-order valence-electron chi connectivity index (χ4n) is 2.03. The van der Waals surface area contributed by atoms with Crippen molar-refractivity contribution in [3.63, 3.8) is 0 Å². The van der Waals surface area contributed by atoms with Crippen LogP contribution in [0.5, 0.6) is 11.5 Å². The normalized spacial score (nSPS) is 20.3. The maximum atomic E-state index is 12.2. The lowest BCUT2D eigenvalue weighted by Gasteiger charge is -2.34. The molecule has 0 aliphatic carbocycles. The van der Waals surface area contributed by atoms with Gasteiger partial charge in [0.15, 0.2) is 0 Å². The van der Waals surface area contributed by atoms with E-state index in [-0.39, 0.29) is 23.4 Å². The predicted octanol–water partition coefficient (Wildman–Crippen LogP) is 0.532. The van der Waals surface area contributed by atoms with E-state index in [1.165, 1.54) is 18.2 Å². The van der Waals surface area contributed by atoms with Crippen LogP contribution in [0.1, 0.15) is 17.3 Å². The number of piperazine rings is 1. The first kappa shape index (κ1) is 11.7. The number of nitrogens with zero attached hydrogens (tertiary/aromatic N) is 1. The summed E-state index contributed by atoms with van der Waals surface area (Å²) in [4.78, 5) is 13.9. The molecule has 92 valence electrons. The molecule has 2 rings (SSSR count). The second-order valence-corrected chi connectivity index (χ2v) is 4.29. The highest BCUT2D eigenvalue weighted by molar-refractivity contribution is 5.95. The second-order valence-electron chi connectivity index (χ2n) is 4.29. The number of carbonyl (C=O) groups excluding carboxylic acids is 1. The molecule has 0 radical (unpaired) electrons. The number of aromatic hydroxyl groups is 2. The number of phenols is 2. The summed E-state index contributed by atoms with van der Waals surface area (Å²) in [5, 5.41) is 21.9. The van der Waals surface area contributed by atoms with Crippen molar-refractivity contribution in [2.24, 2.45) is 0 Å². The van der Waals surface area contributed by atoms with Crippen LogP contribution in [0.3, 0.4) is 0 Å². The van der Waals surface area contributed by atoms with E-state index in [4.69, 9.17) is 0 Å². The Hall–Kier alpha value is -1.75. The molecule has 5 nitrogen and oxygen atoms in total. The van der Waals surface area contributed by atoms with Gasteiger partial charge in [0.05, 0.1) is 0 Å². The monoisotopic (exact) mass is 236 g/mol. The van der Waals surface area contributed by atoms with Gasteiger partial charge in [-0.25, -0.2) is 0 Å². The third kappa shape index (κ3) is 2.50. The van der Waals surface area contributed by atoms with Crippen molar-refractivity contribution in [2.75, 3.05) is 19.6 Å². The Morgan fingerprint density at radius 1 is 1.35 bits per heavy atom. The Bertz CT molecular complexity index is 414. The summed E-state index contributed by atoms with van der Waals surface area (Å²) in [5.74, 6) is -0.363. The minimum absolute atomic E-state index is 0.101. The van der Waals surface area contributed by atoms with Crippen molar-refractivity contribution in [2.45, 2.75) is 13.0 Å². The van der Waals surface area contributed by atoms with E-state index in [0.717, 1.165) is 13.1 Å². The van der Waals surface area contributed by atoms with Crippen LogP contribution < -0.4 is 5.32 Å². The van der Waals surface area contributed by atoms with E-state index in [1.807, 2.05) is 6.92 Å². The van der Waals surface area contributed by atoms with E-state index in [1.54, 1.807) is 4.90 Å². The first-order valence-corrected chi connectivity index (χ1v) is 5.62. The molecule has 0 saturated carbocycles. The molecule has 5 heteroatoms. The molecule has 1 unspecified atom stereocenters. The largest absolute Gasteiger partial charge is 0.508 e. The lowest BCUT2D eigenvalue weighted by molar-refractivity contribution is 0.0655. The number of rotatable bonds is 1. The van der Waals surface area contributed by atoms with E-state index in [0.29, 0.717) is 12.1 Å². The standard InChI is InChI=1S/C12H16N2O3/c1-8-7-13-2-3-14(8)12(17)9-4-10(15)6-11(16)5-9/h4-6,8,13,15-16H,2-3,7H2,1H3. The molecule has 0 spiro atoms. The van der Waals surface area contributed by atoms with E-state index in [2.05, 4.69) is 5.32 Å². The smallest absolute Gasteiger partial charge is 0.254 e. The molecule has 1 amide bonds. The summed E-state index contributed by atoms with van der Waals surface area (Å²) in [5.41, 5.74) is 0.316. The van der Waals surface area contributed by atoms with Crippen molar-refractivity contribution in [1.82, 2.24) is 10.2 Å². The minimum Gasteiger partial charge on any atom is -0.508 e. The summed E-state index contributed by atoms with van der Waals surface area (Å²) in [6.45, 7) is 4.13. The number of carbonyl (C=O) groups is 1. The third-order valence-corrected chi connectivity index (χ3v) is 2.91. The van der Waals surface area contributed by atoms with Crippen LogP contribution >= 0.6 is 0 Å². The van der Waals surface area contributed by atoms with Gasteiger partial charge in [-0.1, -0.05) is 0 Å². The molecule has 3 N–H and O–H groups in total. The Kier molecular flexibility index (Phi) is 3.19. The lowest BCUT2D eigenvalue weighted by atomic mass is 10.1. The molecular formula is C12H16N2O3.